The number of nitrogens with one attached hydrogen (secondary N) is 1. The van der Waals surface area contributed by atoms with Crippen molar-refractivity contribution < 1.29 is 9.47 Å². The molecule has 6 heteroatoms. The number of para-hydroxylation sites is 1. The first kappa shape index (κ1) is 20.0. The van der Waals surface area contributed by atoms with E-state index in [-0.39, 0.29) is 0 Å². The summed E-state index contributed by atoms with van der Waals surface area (Å²) in [5, 5.41) is 3.51. The third kappa shape index (κ3) is 5.84. The van der Waals surface area contributed by atoms with Gasteiger partial charge in [-0.3, -0.25) is 9.89 Å². The van der Waals surface area contributed by atoms with E-state index in [1.807, 2.05) is 13.1 Å². The lowest BCUT2D eigenvalue weighted by atomic mass is 9.93. The van der Waals surface area contributed by atoms with Gasteiger partial charge >= 0.3 is 0 Å². The number of morpholine rings is 1. The van der Waals surface area contributed by atoms with Crippen LogP contribution in [-0.4, -0.2) is 75.4 Å². The van der Waals surface area contributed by atoms with Crippen LogP contribution in [0.4, 0.5) is 0 Å². The Morgan fingerprint density at radius 1 is 1.22 bits per heavy atom. The van der Waals surface area contributed by atoms with E-state index in [2.05, 4.69) is 52.2 Å². The molecule has 27 heavy (non-hydrogen) atoms. The van der Waals surface area contributed by atoms with Crippen molar-refractivity contribution >= 4 is 5.96 Å². The average molecular weight is 375 g/mol. The smallest absolute Gasteiger partial charge is 0.193 e. The van der Waals surface area contributed by atoms with Crippen molar-refractivity contribution in [3.8, 4) is 5.75 Å². The predicted octanol–water partition coefficient (Wildman–Crippen LogP) is 2.20. The number of hydrogen-bond donors (Lipinski definition) is 1. The Bertz CT molecular complexity index is 626. The van der Waals surface area contributed by atoms with E-state index in [4.69, 9.17) is 9.47 Å². The molecule has 0 radical (unpaired) electrons. The molecule has 0 bridgehead atoms. The predicted molar refractivity (Wildman–Crippen MR) is 109 cm³/mol. The molecule has 1 aromatic rings. The van der Waals surface area contributed by atoms with E-state index in [1.165, 1.54) is 12.0 Å². The normalized spacial score (nSPS) is 20.7. The summed E-state index contributed by atoms with van der Waals surface area (Å²) in [5.74, 6) is 1.93. The van der Waals surface area contributed by atoms with Gasteiger partial charge in [0, 0.05) is 51.9 Å². The lowest BCUT2D eigenvalue weighted by Gasteiger charge is -2.26. The Labute approximate surface area is 163 Å². The van der Waals surface area contributed by atoms with Crippen LogP contribution >= 0.6 is 0 Å². The second-order valence-corrected chi connectivity index (χ2v) is 8.15. The monoisotopic (exact) mass is 374 g/mol. The highest BCUT2D eigenvalue weighted by molar-refractivity contribution is 5.80. The lowest BCUT2D eigenvalue weighted by molar-refractivity contribution is 0.0322. The highest BCUT2D eigenvalue weighted by Crippen LogP contribution is 2.28. The fourth-order valence-electron chi connectivity index (χ4n) is 3.70. The molecule has 0 unspecified atom stereocenters. The molecule has 2 saturated heterocycles. The van der Waals surface area contributed by atoms with E-state index in [9.17, 15) is 0 Å². The van der Waals surface area contributed by atoms with Crippen LogP contribution in [0.3, 0.4) is 0 Å². The molecule has 3 rings (SSSR count). The van der Waals surface area contributed by atoms with E-state index >= 15 is 0 Å². The number of ether oxygens (including phenoxy) is 2. The molecule has 2 heterocycles. The van der Waals surface area contributed by atoms with Crippen LogP contribution in [0.15, 0.2) is 29.3 Å². The molecule has 0 spiro atoms. The molecule has 150 valence electrons. The summed E-state index contributed by atoms with van der Waals surface area (Å²) in [6.07, 6.45) is 1.20. The fourth-order valence-corrected chi connectivity index (χ4v) is 3.70. The van der Waals surface area contributed by atoms with Crippen molar-refractivity contribution in [1.82, 2.24) is 15.1 Å². The van der Waals surface area contributed by atoms with Gasteiger partial charge in [0.2, 0.25) is 0 Å². The summed E-state index contributed by atoms with van der Waals surface area (Å²) in [6.45, 7) is 12.7. The number of rotatable bonds is 6. The number of benzene rings is 1. The van der Waals surface area contributed by atoms with E-state index < -0.39 is 0 Å². The molecular formula is C21H34N4O2. The highest BCUT2D eigenvalue weighted by Gasteiger charge is 2.30. The molecule has 0 aliphatic carbocycles. The first-order chi connectivity index (χ1) is 13.1. The number of nitrogens with zero attached hydrogens (tertiary/aromatic N) is 3. The molecule has 0 amide bonds. The van der Waals surface area contributed by atoms with Crippen LogP contribution in [0.2, 0.25) is 0 Å². The first-order valence-electron chi connectivity index (χ1n) is 10.0. The van der Waals surface area contributed by atoms with Gasteiger partial charge < -0.3 is 19.7 Å². The van der Waals surface area contributed by atoms with Gasteiger partial charge in [-0.25, -0.2) is 0 Å². The van der Waals surface area contributed by atoms with Gasteiger partial charge in [-0.15, -0.1) is 0 Å². The summed E-state index contributed by atoms with van der Waals surface area (Å²) < 4.78 is 11.5. The van der Waals surface area contributed by atoms with Crippen molar-refractivity contribution in [3.63, 3.8) is 0 Å². The summed E-state index contributed by atoms with van der Waals surface area (Å²) in [5.41, 5.74) is 1.53. The van der Waals surface area contributed by atoms with Gasteiger partial charge in [0.1, 0.15) is 12.4 Å². The Morgan fingerprint density at radius 3 is 2.70 bits per heavy atom. The third-order valence-electron chi connectivity index (χ3n) is 5.37. The van der Waals surface area contributed by atoms with Crippen molar-refractivity contribution in [3.05, 3.63) is 29.8 Å². The maximum absolute atomic E-state index is 6.09. The molecule has 2 aliphatic heterocycles. The molecule has 2 fully saturated rings. The van der Waals surface area contributed by atoms with E-state index in [0.29, 0.717) is 12.0 Å². The molecule has 0 atom stereocenters. The van der Waals surface area contributed by atoms with Crippen LogP contribution in [0, 0.1) is 5.41 Å². The Hall–Kier alpha value is -1.79. The standard InChI is InChI=1S/C21H34N4O2/c1-21(2)8-9-25(17-21)20(22-3)23-16-18-6-4-5-7-19(18)27-15-12-24-10-13-26-14-11-24/h4-7H,8-17H2,1-3H3,(H,22,23). The molecule has 0 saturated carbocycles. The Balaban J connectivity index is 1.51. The van der Waals surface area contributed by atoms with Crippen molar-refractivity contribution in [2.45, 2.75) is 26.8 Å². The van der Waals surface area contributed by atoms with Gasteiger partial charge in [0.15, 0.2) is 5.96 Å². The maximum atomic E-state index is 6.09. The van der Waals surface area contributed by atoms with Crippen molar-refractivity contribution in [2.24, 2.45) is 10.4 Å². The average Bonchev–Trinajstić information content (AvgIpc) is 3.04. The second-order valence-electron chi connectivity index (χ2n) is 8.15. The number of likely N-dealkylation sites (tertiary alicyclic amines) is 1. The summed E-state index contributed by atoms with van der Waals surface area (Å²) in [6, 6.07) is 8.27. The zero-order chi connectivity index (χ0) is 19.1. The number of guanidine groups is 1. The van der Waals surface area contributed by atoms with Crippen LogP contribution < -0.4 is 10.1 Å². The van der Waals surface area contributed by atoms with E-state index in [0.717, 1.165) is 64.2 Å². The second kappa shape index (κ2) is 9.42. The molecular weight excluding hydrogens is 340 g/mol. The lowest BCUT2D eigenvalue weighted by Crippen LogP contribution is -2.40. The third-order valence-corrected chi connectivity index (χ3v) is 5.37. The summed E-state index contributed by atoms with van der Waals surface area (Å²) >= 11 is 0. The first-order valence-corrected chi connectivity index (χ1v) is 10.0. The maximum Gasteiger partial charge on any atom is 0.193 e. The number of aliphatic imine (C=N–C) groups is 1. The van der Waals surface area contributed by atoms with E-state index in [1.54, 1.807) is 0 Å². The molecule has 2 aliphatic rings. The number of hydrogen-bond acceptors (Lipinski definition) is 4. The van der Waals surface area contributed by atoms with Crippen LogP contribution in [0.5, 0.6) is 5.75 Å². The zero-order valence-corrected chi connectivity index (χ0v) is 17.0. The van der Waals surface area contributed by atoms with Crippen molar-refractivity contribution in [2.75, 3.05) is 59.6 Å². The quantitative estimate of drug-likeness (QED) is 0.611. The molecule has 1 N–H and O–H groups in total. The molecule has 6 nitrogen and oxygen atoms in total. The minimum Gasteiger partial charge on any atom is -0.492 e. The Kier molecular flexibility index (Phi) is 6.96. The van der Waals surface area contributed by atoms with Gasteiger partial charge in [0.25, 0.3) is 0 Å². The van der Waals surface area contributed by atoms with Gasteiger partial charge in [-0.2, -0.15) is 0 Å². The summed E-state index contributed by atoms with van der Waals surface area (Å²) in [7, 11) is 1.86. The van der Waals surface area contributed by atoms with Crippen LogP contribution in [-0.2, 0) is 11.3 Å². The summed E-state index contributed by atoms with van der Waals surface area (Å²) in [4.78, 5) is 9.22. The minimum absolute atomic E-state index is 0.359. The zero-order valence-electron chi connectivity index (χ0n) is 17.0. The van der Waals surface area contributed by atoms with Crippen LogP contribution in [0.1, 0.15) is 25.8 Å². The van der Waals surface area contributed by atoms with Gasteiger partial charge in [-0.05, 0) is 17.9 Å². The fraction of sp³-hybridized carbons (Fsp3) is 0.667. The minimum atomic E-state index is 0.359. The topological polar surface area (TPSA) is 49.3 Å². The van der Waals surface area contributed by atoms with Crippen molar-refractivity contribution in [1.29, 1.82) is 0 Å². The highest BCUT2D eigenvalue weighted by atomic mass is 16.5. The van der Waals surface area contributed by atoms with Gasteiger partial charge in [0.05, 0.1) is 13.2 Å². The molecule has 0 aromatic heterocycles. The molecule has 1 aromatic carbocycles. The SMILES string of the molecule is CN=C(NCc1ccccc1OCCN1CCOCC1)N1CCC(C)(C)C1. The Morgan fingerprint density at radius 2 is 2.00 bits per heavy atom. The largest absolute Gasteiger partial charge is 0.492 e. The van der Waals surface area contributed by atoms with Gasteiger partial charge in [-0.1, -0.05) is 32.0 Å². The van der Waals surface area contributed by atoms with Crippen LogP contribution in [0.25, 0.3) is 0 Å².